The number of nitrogens with zero attached hydrogens (tertiary/aromatic N) is 4. The molecule has 4 aromatic rings. The Kier molecular flexibility index (Phi) is 14.1. The van der Waals surface area contributed by atoms with Crippen molar-refractivity contribution in [3.05, 3.63) is 105 Å². The molecule has 2 unspecified atom stereocenters. The van der Waals surface area contributed by atoms with Gasteiger partial charge in [0.15, 0.2) is 11.6 Å². The Labute approximate surface area is 314 Å². The molecule has 0 aliphatic heterocycles. The second kappa shape index (κ2) is 18.4. The number of azo groups is 2. The summed E-state index contributed by atoms with van der Waals surface area (Å²) < 4.78 is 0. The van der Waals surface area contributed by atoms with Crippen LogP contribution >= 0.6 is 23.2 Å². The van der Waals surface area contributed by atoms with Gasteiger partial charge in [-0.2, -0.15) is 20.5 Å². The van der Waals surface area contributed by atoms with Crippen LogP contribution in [0, 0.1) is 0 Å². The number of para-hydroxylation sites is 2. The lowest BCUT2D eigenvalue weighted by atomic mass is 10.0. The van der Waals surface area contributed by atoms with Gasteiger partial charge < -0.3 is 10.6 Å². The van der Waals surface area contributed by atoms with E-state index < -0.39 is 35.5 Å². The lowest BCUT2D eigenvalue weighted by molar-refractivity contribution is -0.127. The van der Waals surface area contributed by atoms with Crippen molar-refractivity contribution < 1.29 is 19.2 Å². The highest BCUT2D eigenvalue weighted by molar-refractivity contribution is 6.37. The van der Waals surface area contributed by atoms with Crippen LogP contribution in [0.5, 0.6) is 0 Å². The van der Waals surface area contributed by atoms with Gasteiger partial charge in [0, 0.05) is 16.9 Å². The first kappa shape index (κ1) is 39.7. The number of Topliss-reactive ketones (excluding diaryl/α,β-unsaturated/α-hetero) is 2. The van der Waals surface area contributed by atoms with Gasteiger partial charge in [0.1, 0.15) is 5.69 Å². The molecule has 4 aromatic carbocycles. The molecule has 2 N–H and O–H groups in total. The molecule has 270 valence electrons. The van der Waals surface area contributed by atoms with Crippen molar-refractivity contribution in [3.8, 4) is 11.1 Å². The van der Waals surface area contributed by atoms with Crippen LogP contribution in [-0.2, 0) is 44.9 Å². The van der Waals surface area contributed by atoms with Gasteiger partial charge >= 0.3 is 0 Å². The molecule has 0 heterocycles. The van der Waals surface area contributed by atoms with E-state index in [-0.39, 0.29) is 10.7 Å². The quantitative estimate of drug-likeness (QED) is 0.0924. The van der Waals surface area contributed by atoms with Gasteiger partial charge in [-0.1, -0.05) is 99.4 Å². The van der Waals surface area contributed by atoms with Crippen LogP contribution in [0.25, 0.3) is 11.1 Å². The summed E-state index contributed by atoms with van der Waals surface area (Å²) >= 11 is 13.2. The summed E-state index contributed by atoms with van der Waals surface area (Å²) in [6.45, 7) is 10.6. The highest BCUT2D eigenvalue weighted by Crippen LogP contribution is 2.38. The largest absolute Gasteiger partial charge is 0.323 e. The second-order valence-electron chi connectivity index (χ2n) is 12.1. The van der Waals surface area contributed by atoms with E-state index in [9.17, 15) is 19.2 Å². The summed E-state index contributed by atoms with van der Waals surface area (Å²) in [5.74, 6) is -2.06. The number of benzene rings is 4. The Morgan fingerprint density at radius 1 is 0.596 bits per heavy atom. The number of hydrogen-bond donors (Lipinski definition) is 2. The molecule has 0 saturated carbocycles. The molecule has 0 fully saturated rings. The number of carbonyl (C=O) groups is 4. The van der Waals surface area contributed by atoms with E-state index in [4.69, 9.17) is 23.2 Å². The maximum Gasteiger partial charge on any atom is 0.258 e. The molecule has 0 aromatic heterocycles. The van der Waals surface area contributed by atoms with Crippen molar-refractivity contribution in [1.82, 2.24) is 0 Å². The van der Waals surface area contributed by atoms with Crippen molar-refractivity contribution in [2.24, 2.45) is 20.5 Å². The van der Waals surface area contributed by atoms with Gasteiger partial charge in [-0.25, -0.2) is 0 Å². The van der Waals surface area contributed by atoms with E-state index in [1.54, 1.807) is 30.3 Å². The highest BCUT2D eigenvalue weighted by Gasteiger charge is 2.26. The zero-order valence-electron chi connectivity index (χ0n) is 30.1. The monoisotopic (exact) mass is 740 g/mol. The first-order valence-corrected chi connectivity index (χ1v) is 17.9. The molecular weight excluding hydrogens is 699 g/mol. The van der Waals surface area contributed by atoms with Crippen molar-refractivity contribution >= 4 is 69.3 Å². The number of hydrogen-bond acceptors (Lipinski definition) is 8. The van der Waals surface area contributed by atoms with Crippen LogP contribution in [0.1, 0.15) is 63.8 Å². The average Bonchev–Trinajstić information content (AvgIpc) is 3.13. The molecule has 0 aliphatic rings. The Morgan fingerprint density at radius 2 is 1.02 bits per heavy atom. The third kappa shape index (κ3) is 9.63. The molecule has 0 aliphatic carbocycles. The third-order valence-corrected chi connectivity index (χ3v) is 9.16. The Hall–Kier alpha value is -5.06. The summed E-state index contributed by atoms with van der Waals surface area (Å²) in [5.41, 5.74) is 7.12. The maximum absolute atomic E-state index is 13.2. The fraction of sp³-hybridized carbons (Fsp3) is 0.300. The lowest BCUT2D eigenvalue weighted by Crippen LogP contribution is -2.32. The predicted octanol–water partition coefficient (Wildman–Crippen LogP) is 10.3. The highest BCUT2D eigenvalue weighted by atomic mass is 35.5. The van der Waals surface area contributed by atoms with E-state index in [1.807, 2.05) is 64.1 Å². The van der Waals surface area contributed by atoms with Crippen LogP contribution in [-0.4, -0.2) is 35.5 Å². The van der Waals surface area contributed by atoms with Crippen LogP contribution in [0.15, 0.2) is 93.3 Å². The van der Waals surface area contributed by atoms with Crippen LogP contribution < -0.4 is 10.6 Å². The molecule has 0 spiro atoms. The number of halogens is 2. The second-order valence-corrected chi connectivity index (χ2v) is 12.9. The minimum absolute atomic E-state index is 0.185. The van der Waals surface area contributed by atoms with Gasteiger partial charge in [0.2, 0.25) is 12.1 Å². The fourth-order valence-electron chi connectivity index (χ4n) is 5.61. The summed E-state index contributed by atoms with van der Waals surface area (Å²) in [5, 5.41) is 22.7. The number of anilines is 2. The smallest absolute Gasteiger partial charge is 0.258 e. The number of nitrogens with one attached hydrogen (secondary N) is 2. The van der Waals surface area contributed by atoms with Crippen LogP contribution in [0.2, 0.25) is 10.0 Å². The average molecular weight is 742 g/mol. The van der Waals surface area contributed by atoms with Crippen molar-refractivity contribution in [2.45, 2.75) is 79.3 Å². The zero-order valence-corrected chi connectivity index (χ0v) is 31.6. The predicted molar refractivity (Wildman–Crippen MR) is 208 cm³/mol. The SMILES string of the molecule is CCc1cccc(CC)c1NC(=O)C(N=Nc1ccc(-c2cc(Cl)c(N=NC(C(C)=O)C(=O)Nc3c(CC)cccc3CC)cc2Cl)cc1)C(C)=O. The Bertz CT molecular complexity index is 1980. The standard InChI is InChI=1S/C40H42Cl2N6O4/c1-7-25-13-11-14-26(8-2)37(25)43-39(51)35(23(5)49)47-45-30-19-17-29(18-20-30)31-21-33(42)34(22-32(31)41)46-48-36(24(6)50)40(52)44-38-27(9-3)15-12-16-28(38)10-4/h11-22,35-36H,7-10H2,1-6H3,(H,43,51)(H,44,52). The van der Waals surface area contributed by atoms with Gasteiger partial charge in [-0.15, -0.1) is 0 Å². The maximum atomic E-state index is 13.2. The van der Waals surface area contributed by atoms with Crippen LogP contribution in [0.3, 0.4) is 0 Å². The summed E-state index contributed by atoms with van der Waals surface area (Å²) in [6.07, 6.45) is 2.85. The summed E-state index contributed by atoms with van der Waals surface area (Å²) in [4.78, 5) is 51.3. The van der Waals surface area contributed by atoms with E-state index in [1.165, 1.54) is 19.9 Å². The molecule has 2 amide bonds. The molecule has 0 bridgehead atoms. The first-order chi connectivity index (χ1) is 24.9. The third-order valence-electron chi connectivity index (χ3n) is 8.55. The molecule has 10 nitrogen and oxygen atoms in total. The van der Waals surface area contributed by atoms with E-state index in [0.29, 0.717) is 46.1 Å². The summed E-state index contributed by atoms with van der Waals surface area (Å²) in [7, 11) is 0. The fourth-order valence-corrected chi connectivity index (χ4v) is 6.08. The van der Waals surface area contributed by atoms with E-state index in [0.717, 1.165) is 35.1 Å². The molecule has 12 heteroatoms. The number of ketones is 2. The topological polar surface area (TPSA) is 142 Å². The lowest BCUT2D eigenvalue weighted by Gasteiger charge is -2.16. The molecule has 4 rings (SSSR count). The minimum atomic E-state index is -1.39. The Balaban J connectivity index is 1.50. The number of aryl methyl sites for hydroxylation is 4. The van der Waals surface area contributed by atoms with Gasteiger partial charge in [0.05, 0.1) is 15.7 Å². The molecule has 0 radical (unpaired) electrons. The summed E-state index contributed by atoms with van der Waals surface area (Å²) in [6, 6.07) is 18.9. The van der Waals surface area contributed by atoms with E-state index in [2.05, 4.69) is 31.1 Å². The normalized spacial score (nSPS) is 12.5. The van der Waals surface area contributed by atoms with Crippen molar-refractivity contribution in [1.29, 1.82) is 0 Å². The zero-order chi connectivity index (χ0) is 37.9. The molecule has 2 atom stereocenters. The molecule has 0 saturated heterocycles. The number of carbonyl (C=O) groups excluding carboxylic acids is 4. The molecule has 52 heavy (non-hydrogen) atoms. The molecular formula is C40H42Cl2N6O4. The number of rotatable bonds is 15. The van der Waals surface area contributed by atoms with E-state index >= 15 is 0 Å². The Morgan fingerprint density at radius 3 is 1.42 bits per heavy atom. The van der Waals surface area contributed by atoms with Crippen molar-refractivity contribution in [3.63, 3.8) is 0 Å². The first-order valence-electron chi connectivity index (χ1n) is 17.2. The minimum Gasteiger partial charge on any atom is -0.323 e. The van der Waals surface area contributed by atoms with Gasteiger partial charge in [0.25, 0.3) is 11.8 Å². The van der Waals surface area contributed by atoms with Gasteiger partial charge in [-0.05, 0) is 91.6 Å². The number of amides is 2. The van der Waals surface area contributed by atoms with Crippen LogP contribution in [0.4, 0.5) is 22.7 Å². The van der Waals surface area contributed by atoms with Crippen molar-refractivity contribution in [2.75, 3.05) is 10.6 Å². The van der Waals surface area contributed by atoms with Gasteiger partial charge in [-0.3, -0.25) is 19.2 Å².